The van der Waals surface area contributed by atoms with Gasteiger partial charge in [0.05, 0.1) is 29.5 Å². The molecule has 0 radical (unpaired) electrons. The lowest BCUT2D eigenvalue weighted by atomic mass is 10.1. The quantitative estimate of drug-likeness (QED) is 0.844. The Bertz CT molecular complexity index is 434. The zero-order valence-corrected chi connectivity index (χ0v) is 12.8. The predicted molar refractivity (Wildman–Crippen MR) is 77.5 cm³/mol. The van der Waals surface area contributed by atoms with E-state index in [-0.39, 0.29) is 0 Å². The van der Waals surface area contributed by atoms with Gasteiger partial charge in [0.25, 0.3) is 0 Å². The fourth-order valence-corrected chi connectivity index (χ4v) is 3.70. The summed E-state index contributed by atoms with van der Waals surface area (Å²) in [6, 6.07) is 1.15. The average Bonchev–Trinajstić information content (AvgIpc) is 2.96. The number of morpholine rings is 1. The van der Waals surface area contributed by atoms with Crippen LogP contribution in [0, 0.1) is 6.92 Å². The molecule has 3 heterocycles. The topological polar surface area (TPSA) is 28.6 Å². The highest BCUT2D eigenvalue weighted by Crippen LogP contribution is 2.25. The van der Waals surface area contributed by atoms with Crippen LogP contribution in [-0.2, 0) is 11.3 Å². The van der Waals surface area contributed by atoms with Crippen molar-refractivity contribution < 1.29 is 4.74 Å². The number of hydrogen-bond donors (Lipinski definition) is 0. The molecule has 0 N–H and O–H groups in total. The minimum absolute atomic E-state index is 0.385. The van der Waals surface area contributed by atoms with E-state index in [4.69, 9.17) is 4.74 Å². The van der Waals surface area contributed by atoms with Crippen LogP contribution in [0.1, 0.15) is 24.5 Å². The van der Waals surface area contributed by atoms with Gasteiger partial charge >= 0.3 is 0 Å². The van der Waals surface area contributed by atoms with Crippen molar-refractivity contribution in [3.8, 4) is 0 Å². The average molecular weight is 281 g/mol. The van der Waals surface area contributed by atoms with E-state index in [9.17, 15) is 0 Å². The van der Waals surface area contributed by atoms with Crippen molar-refractivity contribution in [1.82, 2.24) is 14.8 Å². The van der Waals surface area contributed by atoms with E-state index in [0.29, 0.717) is 18.2 Å². The number of aromatic nitrogens is 1. The maximum Gasteiger partial charge on any atom is 0.0897 e. The zero-order chi connectivity index (χ0) is 13.4. The van der Waals surface area contributed by atoms with E-state index in [1.54, 1.807) is 11.3 Å². The lowest BCUT2D eigenvalue weighted by Crippen LogP contribution is -2.50. The summed E-state index contributed by atoms with van der Waals surface area (Å²) in [7, 11) is 0. The molecule has 0 unspecified atom stereocenters. The first-order chi connectivity index (χ1) is 9.13. The summed E-state index contributed by atoms with van der Waals surface area (Å²) in [5, 5.41) is 3.35. The molecule has 2 aliphatic rings. The zero-order valence-electron chi connectivity index (χ0n) is 12.0. The maximum atomic E-state index is 5.95. The normalized spacial score (nSPS) is 29.1. The van der Waals surface area contributed by atoms with Crippen molar-refractivity contribution in [3.05, 3.63) is 16.1 Å². The lowest BCUT2D eigenvalue weighted by molar-refractivity contribution is -0.0508. The Labute approximate surface area is 119 Å². The van der Waals surface area contributed by atoms with Crippen molar-refractivity contribution in [2.75, 3.05) is 26.2 Å². The van der Waals surface area contributed by atoms with E-state index in [2.05, 4.69) is 40.9 Å². The largest absolute Gasteiger partial charge is 0.374 e. The summed E-state index contributed by atoms with van der Waals surface area (Å²) in [6.45, 7) is 11.7. The smallest absolute Gasteiger partial charge is 0.0897 e. The van der Waals surface area contributed by atoms with E-state index in [1.165, 1.54) is 5.69 Å². The molecule has 2 saturated heterocycles. The van der Waals surface area contributed by atoms with Crippen molar-refractivity contribution in [2.24, 2.45) is 0 Å². The number of thiazole rings is 1. The summed E-state index contributed by atoms with van der Waals surface area (Å²) in [5.74, 6) is 0. The number of ether oxygens (including phenoxy) is 1. The van der Waals surface area contributed by atoms with Gasteiger partial charge in [0.2, 0.25) is 0 Å². The Morgan fingerprint density at radius 1 is 1.47 bits per heavy atom. The second kappa shape index (κ2) is 5.48. The second-order valence-electron chi connectivity index (χ2n) is 5.85. The first-order valence-electron chi connectivity index (χ1n) is 7.14. The van der Waals surface area contributed by atoms with Gasteiger partial charge in [-0.25, -0.2) is 4.98 Å². The van der Waals surface area contributed by atoms with Crippen molar-refractivity contribution in [2.45, 2.75) is 45.5 Å². The Morgan fingerprint density at radius 3 is 3.00 bits per heavy atom. The fraction of sp³-hybridized carbons (Fsp3) is 0.786. The van der Waals surface area contributed by atoms with Crippen LogP contribution in [-0.4, -0.2) is 59.2 Å². The number of hydrogen-bond acceptors (Lipinski definition) is 5. The third-order valence-electron chi connectivity index (χ3n) is 4.21. The summed E-state index contributed by atoms with van der Waals surface area (Å²) in [5.41, 5.74) is 1.21. The molecule has 2 aliphatic heterocycles. The maximum absolute atomic E-state index is 5.95. The second-order valence-corrected chi connectivity index (χ2v) is 6.91. The van der Waals surface area contributed by atoms with Crippen LogP contribution in [0.25, 0.3) is 0 Å². The number of aryl methyl sites for hydroxylation is 1. The van der Waals surface area contributed by atoms with Crippen LogP contribution in [0.15, 0.2) is 5.38 Å². The molecule has 19 heavy (non-hydrogen) atoms. The molecule has 0 aliphatic carbocycles. The van der Waals surface area contributed by atoms with Gasteiger partial charge in [-0.15, -0.1) is 11.3 Å². The van der Waals surface area contributed by atoms with E-state index in [1.807, 2.05) is 0 Å². The molecule has 1 aromatic rings. The number of fused-ring (bicyclic) bond motifs is 1. The molecule has 0 amide bonds. The number of rotatable bonds is 3. The van der Waals surface area contributed by atoms with Gasteiger partial charge in [-0.3, -0.25) is 9.80 Å². The standard InChI is InChI=1S/C14H23N3OS/c1-10(2)17-7-13-14(8-17)18-5-4-16(13)6-12-9-19-11(3)15-12/h9-10,13-14H,4-8H2,1-3H3/t13-,14+/m0/s1. The van der Waals surface area contributed by atoms with Gasteiger partial charge in [0, 0.05) is 37.6 Å². The minimum Gasteiger partial charge on any atom is -0.374 e. The third kappa shape index (κ3) is 2.84. The van der Waals surface area contributed by atoms with Crippen LogP contribution in [0.3, 0.4) is 0 Å². The SMILES string of the molecule is Cc1nc(CN2CCO[C@@H]3CN(C(C)C)C[C@@H]32)cs1. The predicted octanol–water partition coefficient (Wildman–Crippen LogP) is 1.74. The molecular weight excluding hydrogens is 258 g/mol. The highest BCUT2D eigenvalue weighted by Gasteiger charge is 2.40. The Hall–Kier alpha value is -0.490. The Balaban J connectivity index is 1.68. The van der Waals surface area contributed by atoms with E-state index >= 15 is 0 Å². The molecule has 106 valence electrons. The Kier molecular flexibility index (Phi) is 3.89. The summed E-state index contributed by atoms with van der Waals surface area (Å²) < 4.78 is 5.95. The van der Waals surface area contributed by atoms with Crippen molar-refractivity contribution >= 4 is 11.3 Å². The molecule has 2 atom stereocenters. The van der Waals surface area contributed by atoms with Crippen molar-refractivity contribution in [3.63, 3.8) is 0 Å². The van der Waals surface area contributed by atoms with Gasteiger partial charge < -0.3 is 4.74 Å². The van der Waals surface area contributed by atoms with Crippen LogP contribution >= 0.6 is 11.3 Å². The lowest BCUT2D eigenvalue weighted by Gasteiger charge is -2.36. The first kappa shape index (κ1) is 13.5. The highest BCUT2D eigenvalue weighted by atomic mass is 32.1. The summed E-state index contributed by atoms with van der Waals surface area (Å²) in [6.07, 6.45) is 0.385. The van der Waals surface area contributed by atoms with Gasteiger partial charge in [0.1, 0.15) is 0 Å². The molecule has 3 rings (SSSR count). The molecule has 5 heteroatoms. The van der Waals surface area contributed by atoms with Crippen LogP contribution in [0.5, 0.6) is 0 Å². The van der Waals surface area contributed by atoms with Crippen LogP contribution < -0.4 is 0 Å². The summed E-state index contributed by atoms with van der Waals surface area (Å²) >= 11 is 1.74. The minimum atomic E-state index is 0.385. The third-order valence-corrected chi connectivity index (χ3v) is 5.03. The van der Waals surface area contributed by atoms with Gasteiger partial charge in [0.15, 0.2) is 0 Å². The monoisotopic (exact) mass is 281 g/mol. The van der Waals surface area contributed by atoms with Gasteiger partial charge in [-0.2, -0.15) is 0 Å². The molecule has 0 saturated carbocycles. The van der Waals surface area contributed by atoms with E-state index < -0.39 is 0 Å². The Morgan fingerprint density at radius 2 is 2.32 bits per heavy atom. The molecule has 0 spiro atoms. The van der Waals surface area contributed by atoms with Gasteiger partial charge in [-0.05, 0) is 20.8 Å². The van der Waals surface area contributed by atoms with Crippen LogP contribution in [0.4, 0.5) is 0 Å². The van der Waals surface area contributed by atoms with Crippen LogP contribution in [0.2, 0.25) is 0 Å². The molecule has 1 aromatic heterocycles. The first-order valence-corrected chi connectivity index (χ1v) is 8.02. The van der Waals surface area contributed by atoms with Gasteiger partial charge in [-0.1, -0.05) is 0 Å². The summed E-state index contributed by atoms with van der Waals surface area (Å²) in [4.78, 5) is 9.68. The number of likely N-dealkylation sites (tertiary alicyclic amines) is 1. The molecule has 2 fully saturated rings. The molecule has 0 bridgehead atoms. The highest BCUT2D eigenvalue weighted by molar-refractivity contribution is 7.09. The number of nitrogens with zero attached hydrogens (tertiary/aromatic N) is 3. The molecule has 0 aromatic carbocycles. The molecule has 4 nitrogen and oxygen atoms in total. The molecular formula is C14H23N3OS. The van der Waals surface area contributed by atoms with E-state index in [0.717, 1.165) is 37.8 Å². The fourth-order valence-electron chi connectivity index (χ4n) is 3.09. The van der Waals surface area contributed by atoms with Crippen molar-refractivity contribution in [1.29, 1.82) is 0 Å².